The van der Waals surface area contributed by atoms with E-state index in [2.05, 4.69) is 4.72 Å². The second-order valence-corrected chi connectivity index (χ2v) is 5.90. The lowest BCUT2D eigenvalue weighted by Gasteiger charge is -2.04. The zero-order valence-corrected chi connectivity index (χ0v) is 10.8. The maximum Gasteiger partial charge on any atom is 0.274 e. The van der Waals surface area contributed by atoms with Gasteiger partial charge in [-0.3, -0.25) is 0 Å². The van der Waals surface area contributed by atoms with Crippen molar-refractivity contribution in [3.8, 4) is 11.1 Å². The monoisotopic (exact) mass is 293 g/mol. The lowest BCUT2D eigenvalue weighted by atomic mass is 10.1. The molecule has 2 aromatic rings. The van der Waals surface area contributed by atoms with Gasteiger partial charge in [-0.15, -0.1) is 0 Å². The highest BCUT2D eigenvalue weighted by atomic mass is 32.2. The van der Waals surface area contributed by atoms with E-state index in [1.165, 1.54) is 23.9 Å². The van der Waals surface area contributed by atoms with Crippen molar-refractivity contribution in [2.24, 2.45) is 0 Å². The lowest BCUT2D eigenvalue weighted by Crippen LogP contribution is -2.18. The van der Waals surface area contributed by atoms with E-state index in [0.29, 0.717) is 0 Å². The van der Waals surface area contributed by atoms with Gasteiger partial charge in [0.25, 0.3) is 16.4 Å². The highest BCUT2D eigenvalue weighted by Crippen LogP contribution is 2.37. The molecule has 8 heteroatoms. The minimum absolute atomic E-state index is 0.140. The molecule has 0 atom stereocenters. The summed E-state index contributed by atoms with van der Waals surface area (Å²) in [4.78, 5) is 0. The maximum atomic E-state index is 12.8. The second-order valence-electron chi connectivity index (χ2n) is 3.37. The molecule has 0 bridgehead atoms. The molecule has 2 aromatic heterocycles. The van der Waals surface area contributed by atoms with Gasteiger partial charge in [0.05, 0.1) is 6.26 Å². The quantitative estimate of drug-likeness (QED) is 0.943. The number of halogens is 2. The van der Waals surface area contributed by atoms with Crippen LogP contribution in [0.2, 0.25) is 0 Å². The van der Waals surface area contributed by atoms with Crippen LogP contribution in [0.15, 0.2) is 32.6 Å². The van der Waals surface area contributed by atoms with Crippen molar-refractivity contribution in [1.29, 1.82) is 0 Å². The third-order valence-corrected chi connectivity index (χ3v) is 4.46. The van der Waals surface area contributed by atoms with E-state index in [1.54, 1.807) is 0 Å². The lowest BCUT2D eigenvalue weighted by molar-refractivity contribution is 0.152. The summed E-state index contributed by atoms with van der Waals surface area (Å²) in [5.41, 5.74) is 0.118. The van der Waals surface area contributed by atoms with E-state index in [1.807, 2.05) is 0 Å². The van der Waals surface area contributed by atoms with Crippen molar-refractivity contribution in [3.63, 3.8) is 0 Å². The van der Waals surface area contributed by atoms with Crippen molar-refractivity contribution in [1.82, 2.24) is 4.72 Å². The van der Waals surface area contributed by atoms with Crippen LogP contribution in [0, 0.1) is 0 Å². The van der Waals surface area contributed by atoms with Gasteiger partial charge in [-0.2, -0.15) is 11.3 Å². The summed E-state index contributed by atoms with van der Waals surface area (Å²) in [6.07, 6.45) is -1.50. The van der Waals surface area contributed by atoms with Crippen molar-refractivity contribution in [2.45, 2.75) is 11.5 Å². The van der Waals surface area contributed by atoms with Gasteiger partial charge >= 0.3 is 0 Å². The fourth-order valence-corrected chi connectivity index (χ4v) is 3.17. The van der Waals surface area contributed by atoms with Gasteiger partial charge in [-0.05, 0) is 18.5 Å². The van der Waals surface area contributed by atoms with Crippen molar-refractivity contribution < 1.29 is 21.6 Å². The molecule has 0 saturated heterocycles. The normalized spacial score (nSPS) is 12.2. The molecule has 4 nitrogen and oxygen atoms in total. The molecule has 0 spiro atoms. The molecule has 0 radical (unpaired) electrons. The molecule has 98 valence electrons. The Labute approximate surface area is 106 Å². The van der Waals surface area contributed by atoms with Crippen LogP contribution in [0.4, 0.5) is 8.78 Å². The largest absolute Gasteiger partial charge is 0.451 e. The highest BCUT2D eigenvalue weighted by Gasteiger charge is 2.25. The van der Waals surface area contributed by atoms with Crippen LogP contribution in [0.1, 0.15) is 12.0 Å². The van der Waals surface area contributed by atoms with E-state index in [-0.39, 0.29) is 21.8 Å². The Hall–Kier alpha value is -1.25. The van der Waals surface area contributed by atoms with Crippen LogP contribution in [0.3, 0.4) is 0 Å². The molecule has 1 N–H and O–H groups in total. The second kappa shape index (κ2) is 4.79. The summed E-state index contributed by atoms with van der Waals surface area (Å²) in [7, 11) is -2.59. The van der Waals surface area contributed by atoms with Crippen LogP contribution in [0.25, 0.3) is 11.1 Å². The smallest absolute Gasteiger partial charge is 0.274 e. The van der Waals surface area contributed by atoms with Crippen molar-refractivity contribution in [3.05, 3.63) is 28.7 Å². The van der Waals surface area contributed by atoms with Gasteiger partial charge in [0.2, 0.25) is 5.09 Å². The zero-order chi connectivity index (χ0) is 13.3. The van der Waals surface area contributed by atoms with Crippen LogP contribution < -0.4 is 4.72 Å². The molecule has 0 fully saturated rings. The van der Waals surface area contributed by atoms with Crippen molar-refractivity contribution >= 4 is 21.4 Å². The molecule has 0 amide bonds. The number of hydrogen-bond acceptors (Lipinski definition) is 4. The molecule has 2 rings (SSSR count). The first-order valence-corrected chi connectivity index (χ1v) is 7.25. The minimum atomic E-state index is -3.81. The van der Waals surface area contributed by atoms with Gasteiger partial charge in [-0.1, -0.05) is 0 Å². The van der Waals surface area contributed by atoms with Gasteiger partial charge in [-0.25, -0.2) is 21.9 Å². The van der Waals surface area contributed by atoms with E-state index in [0.717, 1.165) is 17.6 Å². The molecular weight excluding hydrogens is 284 g/mol. The maximum absolute atomic E-state index is 12.8. The third kappa shape index (κ3) is 2.18. The first kappa shape index (κ1) is 13.2. The zero-order valence-electron chi connectivity index (χ0n) is 9.18. The molecule has 18 heavy (non-hydrogen) atoms. The SMILES string of the molecule is CNS(=O)(=O)c1occc1-c1cscc1C(F)F. The van der Waals surface area contributed by atoms with Gasteiger partial charge in [0, 0.05) is 22.1 Å². The summed E-state index contributed by atoms with van der Waals surface area (Å²) in [5, 5.41) is 2.41. The standard InChI is InChI=1S/C10H9F2NO3S2/c1-13-18(14,15)10-6(2-3-16-10)7-4-17-5-8(7)9(11)12/h2-5,9,13H,1H3. The summed E-state index contributed by atoms with van der Waals surface area (Å²) >= 11 is 1.08. The Kier molecular flexibility index (Phi) is 3.51. The summed E-state index contributed by atoms with van der Waals surface area (Å²) in [5.74, 6) is 0. The molecule has 0 aliphatic rings. The fraction of sp³-hybridized carbons (Fsp3) is 0.200. The Morgan fingerprint density at radius 3 is 2.67 bits per heavy atom. The van der Waals surface area contributed by atoms with Crippen LogP contribution >= 0.6 is 11.3 Å². The Morgan fingerprint density at radius 1 is 1.33 bits per heavy atom. The predicted molar refractivity (Wildman–Crippen MR) is 63.2 cm³/mol. The number of rotatable bonds is 4. The van der Waals surface area contributed by atoms with Gasteiger partial charge in [0.1, 0.15) is 0 Å². The van der Waals surface area contributed by atoms with E-state index >= 15 is 0 Å². The molecule has 0 unspecified atom stereocenters. The van der Waals surface area contributed by atoms with Gasteiger partial charge in [0.15, 0.2) is 0 Å². The average Bonchev–Trinajstić information content (AvgIpc) is 2.96. The van der Waals surface area contributed by atoms with Crippen LogP contribution in [-0.4, -0.2) is 15.5 Å². The Morgan fingerprint density at radius 2 is 2.06 bits per heavy atom. The number of alkyl halides is 2. The topological polar surface area (TPSA) is 59.3 Å². The van der Waals surface area contributed by atoms with Crippen LogP contribution in [-0.2, 0) is 10.0 Å². The minimum Gasteiger partial charge on any atom is -0.451 e. The highest BCUT2D eigenvalue weighted by molar-refractivity contribution is 7.89. The van der Waals surface area contributed by atoms with E-state index in [4.69, 9.17) is 4.42 Å². The summed E-state index contributed by atoms with van der Waals surface area (Å²) in [6, 6.07) is 1.36. The van der Waals surface area contributed by atoms with E-state index < -0.39 is 16.4 Å². The molecule has 0 aliphatic carbocycles. The third-order valence-electron chi connectivity index (χ3n) is 2.36. The first-order chi connectivity index (χ1) is 8.47. The number of hydrogen-bond donors (Lipinski definition) is 1. The summed E-state index contributed by atoms with van der Waals surface area (Å²) in [6.45, 7) is 0. The van der Waals surface area contributed by atoms with Gasteiger partial charge < -0.3 is 4.42 Å². The number of furan rings is 1. The average molecular weight is 293 g/mol. The molecular formula is C10H9F2NO3S2. The number of sulfonamides is 1. The van der Waals surface area contributed by atoms with Crippen LogP contribution in [0.5, 0.6) is 0 Å². The molecule has 0 saturated carbocycles. The molecule has 0 aliphatic heterocycles. The molecule has 2 heterocycles. The molecule has 0 aromatic carbocycles. The first-order valence-electron chi connectivity index (χ1n) is 4.83. The number of nitrogens with one attached hydrogen (secondary N) is 1. The Bertz CT molecular complexity index is 646. The summed E-state index contributed by atoms with van der Waals surface area (Å²) < 4.78 is 55.9. The fourth-order valence-electron chi connectivity index (χ4n) is 1.49. The van der Waals surface area contributed by atoms with E-state index in [9.17, 15) is 17.2 Å². The van der Waals surface area contributed by atoms with Crippen molar-refractivity contribution in [2.75, 3.05) is 7.05 Å². The number of thiophene rings is 1. The Balaban J connectivity index is 2.60. The predicted octanol–water partition coefficient (Wildman–Crippen LogP) is 2.85.